The highest BCUT2D eigenvalue weighted by molar-refractivity contribution is 7.89. The van der Waals surface area contributed by atoms with Crippen LogP contribution < -0.4 is 9.46 Å². The Bertz CT molecular complexity index is 1170. The SMILES string of the molecule is CC(O)(NS(=O)(=O)c1cccc2cnccc12)N1CCN(CCCOc2ccccc2)CC1.Cl.Cl. The number of halogens is 2. The lowest BCUT2D eigenvalue weighted by atomic mass is 10.2. The zero-order valence-electron chi connectivity index (χ0n) is 19.5. The van der Waals surface area contributed by atoms with Crippen LogP contribution in [0.5, 0.6) is 5.75 Å². The molecule has 2 heterocycles. The molecule has 2 N–H and O–H groups in total. The molecule has 0 aliphatic carbocycles. The number of benzene rings is 2. The van der Waals surface area contributed by atoms with Crippen LogP contribution in [0.3, 0.4) is 0 Å². The first-order valence-corrected chi connectivity index (χ1v) is 12.6. The molecule has 2 aromatic carbocycles. The quantitative estimate of drug-likeness (QED) is 0.317. The average molecular weight is 544 g/mol. The number of aromatic nitrogens is 1. The minimum Gasteiger partial charge on any atom is -0.494 e. The minimum absolute atomic E-state index is 0. The maximum atomic E-state index is 13.1. The Hall–Kier alpha value is -1.98. The van der Waals surface area contributed by atoms with Crippen LogP contribution in [-0.4, -0.2) is 73.5 Å². The molecule has 1 saturated heterocycles. The number of nitrogens with zero attached hydrogens (tertiary/aromatic N) is 3. The van der Waals surface area contributed by atoms with Crippen molar-refractivity contribution < 1.29 is 18.3 Å². The zero-order chi connectivity index (χ0) is 23.3. The van der Waals surface area contributed by atoms with E-state index in [1.165, 1.54) is 13.0 Å². The van der Waals surface area contributed by atoms with Gasteiger partial charge in [0.15, 0.2) is 5.85 Å². The molecule has 3 aromatic rings. The number of fused-ring (bicyclic) bond motifs is 1. The first kappa shape index (κ1) is 29.3. The molecule has 1 aliphatic heterocycles. The van der Waals surface area contributed by atoms with Gasteiger partial charge in [-0.25, -0.2) is 8.42 Å². The minimum atomic E-state index is -3.95. The second-order valence-corrected chi connectivity index (χ2v) is 9.97. The second kappa shape index (κ2) is 12.8. The third-order valence-electron chi connectivity index (χ3n) is 5.88. The van der Waals surface area contributed by atoms with Gasteiger partial charge in [-0.05, 0) is 37.6 Å². The van der Waals surface area contributed by atoms with Gasteiger partial charge in [-0.1, -0.05) is 30.3 Å². The van der Waals surface area contributed by atoms with E-state index >= 15 is 0 Å². The monoisotopic (exact) mass is 542 g/mol. The Kier molecular flexibility index (Phi) is 10.7. The fourth-order valence-corrected chi connectivity index (χ4v) is 5.58. The number of rotatable bonds is 9. The number of piperazine rings is 1. The number of aliphatic hydroxyl groups is 1. The molecule has 4 rings (SSSR count). The maximum Gasteiger partial charge on any atom is 0.244 e. The highest BCUT2D eigenvalue weighted by atomic mass is 35.5. The number of sulfonamides is 1. The molecule has 1 unspecified atom stereocenters. The fraction of sp³-hybridized carbons (Fsp3) is 0.375. The molecule has 0 amide bonds. The molecule has 0 saturated carbocycles. The molecule has 1 aliphatic rings. The lowest BCUT2D eigenvalue weighted by Gasteiger charge is -2.42. The molecule has 11 heteroatoms. The Labute approximate surface area is 219 Å². The van der Waals surface area contributed by atoms with Crippen LogP contribution in [0.1, 0.15) is 13.3 Å². The fourth-order valence-electron chi connectivity index (χ4n) is 4.10. The van der Waals surface area contributed by atoms with E-state index in [0.29, 0.717) is 25.1 Å². The van der Waals surface area contributed by atoms with E-state index in [2.05, 4.69) is 14.6 Å². The molecule has 1 aromatic heterocycles. The van der Waals surface area contributed by atoms with Crippen molar-refractivity contribution in [2.24, 2.45) is 0 Å². The lowest BCUT2D eigenvalue weighted by Crippen LogP contribution is -2.63. The number of para-hydroxylation sites is 1. The van der Waals surface area contributed by atoms with Gasteiger partial charge in [0, 0.05) is 55.9 Å². The second-order valence-electron chi connectivity index (χ2n) is 8.32. The number of hydrogen-bond acceptors (Lipinski definition) is 7. The highest BCUT2D eigenvalue weighted by Gasteiger charge is 2.36. The molecular formula is C24H32Cl2N4O4S. The van der Waals surface area contributed by atoms with Crippen molar-refractivity contribution in [1.29, 1.82) is 0 Å². The lowest BCUT2D eigenvalue weighted by molar-refractivity contribution is -0.118. The topological polar surface area (TPSA) is 95.0 Å². The van der Waals surface area contributed by atoms with Gasteiger partial charge in [-0.15, -0.1) is 24.8 Å². The Morgan fingerprint density at radius 3 is 2.46 bits per heavy atom. The van der Waals surface area contributed by atoms with Crippen molar-refractivity contribution in [3.05, 3.63) is 67.0 Å². The Morgan fingerprint density at radius 1 is 1.03 bits per heavy atom. The van der Waals surface area contributed by atoms with Crippen molar-refractivity contribution in [2.45, 2.75) is 24.1 Å². The molecule has 1 atom stereocenters. The number of ether oxygens (including phenoxy) is 1. The third kappa shape index (κ3) is 7.50. The third-order valence-corrected chi connectivity index (χ3v) is 7.47. The average Bonchev–Trinajstić information content (AvgIpc) is 2.82. The van der Waals surface area contributed by atoms with Crippen molar-refractivity contribution in [3.8, 4) is 5.75 Å². The van der Waals surface area contributed by atoms with E-state index in [9.17, 15) is 13.5 Å². The van der Waals surface area contributed by atoms with Crippen LogP contribution in [-0.2, 0) is 10.0 Å². The normalized spacial score (nSPS) is 16.6. The molecule has 192 valence electrons. The van der Waals surface area contributed by atoms with Crippen molar-refractivity contribution in [2.75, 3.05) is 39.3 Å². The summed E-state index contributed by atoms with van der Waals surface area (Å²) in [6, 6.07) is 16.4. The number of nitrogens with one attached hydrogen (secondary N) is 1. The van der Waals surface area contributed by atoms with E-state index in [1.54, 1.807) is 29.4 Å². The smallest absolute Gasteiger partial charge is 0.244 e. The highest BCUT2D eigenvalue weighted by Crippen LogP contribution is 2.24. The molecule has 0 bridgehead atoms. The first-order valence-electron chi connectivity index (χ1n) is 11.1. The van der Waals surface area contributed by atoms with Gasteiger partial charge in [0.1, 0.15) is 5.75 Å². The van der Waals surface area contributed by atoms with E-state index in [-0.39, 0.29) is 29.7 Å². The van der Waals surface area contributed by atoms with Crippen LogP contribution in [0.15, 0.2) is 71.9 Å². The van der Waals surface area contributed by atoms with E-state index < -0.39 is 15.9 Å². The standard InChI is InChI=1S/C24H30N4O4S.2ClH/c1-24(29,26-33(30,31)23-10-5-7-20-19-25-12-11-22(20)23)28-16-14-27(15-17-28)13-6-18-32-21-8-3-2-4-9-21;;/h2-5,7-12,19,26,29H,6,13-18H2,1H3;2*1H. The van der Waals surface area contributed by atoms with Crippen molar-refractivity contribution >= 4 is 45.6 Å². The maximum absolute atomic E-state index is 13.1. The Morgan fingerprint density at radius 2 is 1.74 bits per heavy atom. The van der Waals surface area contributed by atoms with Gasteiger partial charge < -0.3 is 14.7 Å². The number of pyridine rings is 1. The van der Waals surface area contributed by atoms with Gasteiger partial charge >= 0.3 is 0 Å². The molecule has 0 spiro atoms. The summed E-state index contributed by atoms with van der Waals surface area (Å²) in [6.07, 6.45) is 4.08. The zero-order valence-corrected chi connectivity index (χ0v) is 22.0. The van der Waals surface area contributed by atoms with Crippen LogP contribution in [0.2, 0.25) is 0 Å². The Balaban J connectivity index is 0.00000216. The summed E-state index contributed by atoms with van der Waals surface area (Å²) in [6.45, 7) is 5.59. The molecule has 35 heavy (non-hydrogen) atoms. The van der Waals surface area contributed by atoms with Gasteiger partial charge in [0.05, 0.1) is 11.5 Å². The first-order chi connectivity index (χ1) is 15.9. The summed E-state index contributed by atoms with van der Waals surface area (Å²) in [5.74, 6) is -0.829. The molecule has 0 radical (unpaired) electrons. The summed E-state index contributed by atoms with van der Waals surface area (Å²) in [7, 11) is -3.95. The van der Waals surface area contributed by atoms with Gasteiger partial charge in [0.2, 0.25) is 10.0 Å². The summed E-state index contributed by atoms with van der Waals surface area (Å²) >= 11 is 0. The summed E-state index contributed by atoms with van der Waals surface area (Å²) in [5.41, 5.74) is 0. The summed E-state index contributed by atoms with van der Waals surface area (Å²) < 4.78 is 34.5. The van der Waals surface area contributed by atoms with Crippen LogP contribution in [0.4, 0.5) is 0 Å². The van der Waals surface area contributed by atoms with E-state index in [4.69, 9.17) is 4.74 Å². The summed E-state index contributed by atoms with van der Waals surface area (Å²) in [4.78, 5) is 8.23. The van der Waals surface area contributed by atoms with Gasteiger partial charge in [-0.3, -0.25) is 9.88 Å². The predicted octanol–water partition coefficient (Wildman–Crippen LogP) is 3.11. The molecule has 1 fully saturated rings. The van der Waals surface area contributed by atoms with Gasteiger partial charge in [-0.2, -0.15) is 4.72 Å². The van der Waals surface area contributed by atoms with Crippen molar-refractivity contribution in [1.82, 2.24) is 19.5 Å². The van der Waals surface area contributed by atoms with Crippen LogP contribution in [0.25, 0.3) is 10.8 Å². The predicted molar refractivity (Wildman–Crippen MR) is 142 cm³/mol. The largest absolute Gasteiger partial charge is 0.494 e. The van der Waals surface area contributed by atoms with Gasteiger partial charge in [0.25, 0.3) is 0 Å². The number of hydrogen-bond donors (Lipinski definition) is 2. The summed E-state index contributed by atoms with van der Waals surface area (Å²) in [5, 5.41) is 12.3. The van der Waals surface area contributed by atoms with E-state index in [0.717, 1.165) is 37.2 Å². The molecular weight excluding hydrogens is 511 g/mol. The van der Waals surface area contributed by atoms with Crippen LogP contribution >= 0.6 is 24.8 Å². The molecule has 8 nitrogen and oxygen atoms in total. The van der Waals surface area contributed by atoms with Crippen molar-refractivity contribution in [3.63, 3.8) is 0 Å². The van der Waals surface area contributed by atoms with E-state index in [1.807, 2.05) is 36.4 Å². The van der Waals surface area contributed by atoms with Crippen LogP contribution in [0, 0.1) is 0 Å².